The van der Waals surface area contributed by atoms with Crippen molar-refractivity contribution in [3.05, 3.63) is 35.6 Å². The molecular formula is C20H32FN3O. The van der Waals surface area contributed by atoms with Gasteiger partial charge in [0.05, 0.1) is 0 Å². The Morgan fingerprint density at radius 2 is 1.88 bits per heavy atom. The minimum absolute atomic E-state index is 0.142. The number of halogens is 1. The molecule has 1 fully saturated rings. The zero-order valence-electron chi connectivity index (χ0n) is 15.9. The topological polar surface area (TPSA) is 26.8 Å². The third kappa shape index (κ3) is 5.79. The molecule has 0 aromatic heterocycles. The summed E-state index contributed by atoms with van der Waals surface area (Å²) in [5.41, 5.74) is 0.601. The molecule has 0 radical (unpaired) electrons. The van der Waals surface area contributed by atoms with Crippen molar-refractivity contribution < 1.29 is 9.18 Å². The fraction of sp³-hybridized carbons (Fsp3) is 0.650. The van der Waals surface area contributed by atoms with Gasteiger partial charge in [-0.1, -0.05) is 32.0 Å². The first kappa shape index (κ1) is 19.9. The molecule has 0 aliphatic carbocycles. The Labute approximate surface area is 151 Å². The maximum atomic E-state index is 13.9. The summed E-state index contributed by atoms with van der Waals surface area (Å²) in [5, 5.41) is 0. The first-order valence-corrected chi connectivity index (χ1v) is 9.48. The largest absolute Gasteiger partial charge is 0.338 e. The summed E-state index contributed by atoms with van der Waals surface area (Å²) in [6, 6.07) is 7.15. The molecule has 1 aliphatic heterocycles. The van der Waals surface area contributed by atoms with Gasteiger partial charge in [0, 0.05) is 44.2 Å². The quantitative estimate of drug-likeness (QED) is 0.722. The number of likely N-dealkylation sites (tertiary alicyclic amines) is 1. The van der Waals surface area contributed by atoms with Crippen LogP contribution >= 0.6 is 0 Å². The number of nitrogens with zero attached hydrogens (tertiary/aromatic N) is 3. The second-order valence-corrected chi connectivity index (χ2v) is 6.90. The van der Waals surface area contributed by atoms with Crippen LogP contribution in [0.3, 0.4) is 0 Å². The van der Waals surface area contributed by atoms with Crippen molar-refractivity contribution >= 4 is 5.91 Å². The molecule has 1 aromatic carbocycles. The lowest BCUT2D eigenvalue weighted by atomic mass is 10.1. The number of benzene rings is 1. The van der Waals surface area contributed by atoms with E-state index in [0.717, 1.165) is 39.0 Å². The summed E-state index contributed by atoms with van der Waals surface area (Å²) in [7, 11) is 2.16. The second kappa shape index (κ2) is 9.88. The molecule has 5 heteroatoms. The predicted octanol–water partition coefficient (Wildman–Crippen LogP) is 2.98. The molecule has 1 saturated heterocycles. The van der Waals surface area contributed by atoms with Crippen molar-refractivity contribution in [3.63, 3.8) is 0 Å². The van der Waals surface area contributed by atoms with Gasteiger partial charge in [-0.05, 0) is 39.0 Å². The molecule has 140 valence electrons. The smallest absolute Gasteiger partial charge is 0.222 e. The van der Waals surface area contributed by atoms with Gasteiger partial charge in [-0.25, -0.2) is 4.39 Å². The average molecular weight is 349 g/mol. The molecule has 25 heavy (non-hydrogen) atoms. The first-order chi connectivity index (χ1) is 12.0. The molecule has 1 atom stereocenters. The molecule has 1 aromatic rings. The van der Waals surface area contributed by atoms with Crippen LogP contribution < -0.4 is 0 Å². The Morgan fingerprint density at radius 3 is 2.56 bits per heavy atom. The normalized spacial score (nSPS) is 18.9. The first-order valence-electron chi connectivity index (χ1n) is 9.48. The Hall–Kier alpha value is -1.46. The van der Waals surface area contributed by atoms with E-state index in [1.807, 2.05) is 11.0 Å². The SMILES string of the molecule is CCN(CC)CCN(C)C1CCC(=O)N(Cc2ccccc2F)CC1. The number of carbonyl (C=O) groups is 1. The monoisotopic (exact) mass is 349 g/mol. The minimum Gasteiger partial charge on any atom is -0.338 e. The molecule has 0 N–H and O–H groups in total. The van der Waals surface area contributed by atoms with Gasteiger partial charge < -0.3 is 14.7 Å². The van der Waals surface area contributed by atoms with Gasteiger partial charge in [0.2, 0.25) is 5.91 Å². The van der Waals surface area contributed by atoms with Crippen LogP contribution in [-0.2, 0) is 11.3 Å². The highest BCUT2D eigenvalue weighted by Crippen LogP contribution is 2.19. The van der Waals surface area contributed by atoms with Gasteiger partial charge in [0.15, 0.2) is 0 Å². The Morgan fingerprint density at radius 1 is 1.16 bits per heavy atom. The molecule has 0 bridgehead atoms. The van der Waals surface area contributed by atoms with Crippen LogP contribution in [0.15, 0.2) is 24.3 Å². The van der Waals surface area contributed by atoms with Crippen LogP contribution in [-0.4, -0.2) is 66.4 Å². The third-order valence-electron chi connectivity index (χ3n) is 5.38. The summed E-state index contributed by atoms with van der Waals surface area (Å²) in [4.78, 5) is 19.1. The summed E-state index contributed by atoms with van der Waals surface area (Å²) >= 11 is 0. The van der Waals surface area contributed by atoms with Gasteiger partial charge in [-0.15, -0.1) is 0 Å². The van der Waals surface area contributed by atoms with E-state index < -0.39 is 0 Å². The summed E-state index contributed by atoms with van der Waals surface area (Å²) in [5.74, 6) is -0.0877. The van der Waals surface area contributed by atoms with Gasteiger partial charge in [0.25, 0.3) is 0 Å². The van der Waals surface area contributed by atoms with Crippen molar-refractivity contribution in [2.45, 2.75) is 45.7 Å². The van der Waals surface area contributed by atoms with Crippen LogP contribution in [0.1, 0.15) is 38.7 Å². The Kier molecular flexibility index (Phi) is 7.85. The van der Waals surface area contributed by atoms with Gasteiger partial charge in [-0.2, -0.15) is 0 Å². The summed E-state index contributed by atoms with van der Waals surface area (Å²) in [6.07, 6.45) is 2.39. The Bertz CT molecular complexity index is 547. The highest BCUT2D eigenvalue weighted by molar-refractivity contribution is 5.76. The van der Waals surface area contributed by atoms with Crippen molar-refractivity contribution in [3.8, 4) is 0 Å². The average Bonchev–Trinajstić information content (AvgIpc) is 2.80. The number of likely N-dealkylation sites (N-methyl/N-ethyl adjacent to an activating group) is 2. The standard InChI is InChI=1S/C20H32FN3O/c1-4-23(5-2)15-14-22(3)18-10-11-20(25)24(13-12-18)16-17-8-6-7-9-19(17)21/h6-9,18H,4-5,10-16H2,1-3H3. The van der Waals surface area contributed by atoms with Crippen LogP contribution in [0.25, 0.3) is 0 Å². The fourth-order valence-corrected chi connectivity index (χ4v) is 3.48. The molecular weight excluding hydrogens is 317 g/mol. The van der Waals surface area contributed by atoms with Gasteiger partial charge in [0.1, 0.15) is 5.82 Å². The van der Waals surface area contributed by atoms with Crippen molar-refractivity contribution in [1.29, 1.82) is 0 Å². The van der Waals surface area contributed by atoms with Crippen LogP contribution in [0.4, 0.5) is 4.39 Å². The maximum absolute atomic E-state index is 13.9. The van der Waals surface area contributed by atoms with Crippen LogP contribution in [0.5, 0.6) is 0 Å². The van der Waals surface area contributed by atoms with E-state index in [0.29, 0.717) is 31.1 Å². The van der Waals surface area contributed by atoms with Crippen molar-refractivity contribution in [1.82, 2.24) is 14.7 Å². The lowest BCUT2D eigenvalue weighted by Gasteiger charge is -2.29. The van der Waals surface area contributed by atoms with E-state index in [-0.39, 0.29) is 11.7 Å². The van der Waals surface area contributed by atoms with Crippen molar-refractivity contribution in [2.75, 3.05) is 39.8 Å². The molecule has 1 unspecified atom stereocenters. The lowest BCUT2D eigenvalue weighted by Crippen LogP contribution is -2.39. The summed E-state index contributed by atoms with van der Waals surface area (Å²) < 4.78 is 13.9. The predicted molar refractivity (Wildman–Crippen MR) is 99.9 cm³/mol. The number of hydrogen-bond donors (Lipinski definition) is 0. The van der Waals surface area contributed by atoms with E-state index in [4.69, 9.17) is 0 Å². The van der Waals surface area contributed by atoms with E-state index in [1.54, 1.807) is 12.1 Å². The molecule has 1 amide bonds. The van der Waals surface area contributed by atoms with Crippen LogP contribution in [0, 0.1) is 5.82 Å². The molecule has 0 spiro atoms. The van der Waals surface area contributed by atoms with E-state index >= 15 is 0 Å². The number of hydrogen-bond acceptors (Lipinski definition) is 3. The Balaban J connectivity index is 1.89. The number of rotatable bonds is 8. The zero-order valence-corrected chi connectivity index (χ0v) is 15.9. The van der Waals surface area contributed by atoms with Gasteiger partial charge in [-0.3, -0.25) is 4.79 Å². The molecule has 1 heterocycles. The van der Waals surface area contributed by atoms with E-state index in [9.17, 15) is 9.18 Å². The number of carbonyl (C=O) groups excluding carboxylic acids is 1. The lowest BCUT2D eigenvalue weighted by molar-refractivity contribution is -0.131. The maximum Gasteiger partial charge on any atom is 0.222 e. The van der Waals surface area contributed by atoms with Crippen LogP contribution in [0.2, 0.25) is 0 Å². The minimum atomic E-state index is -0.229. The zero-order chi connectivity index (χ0) is 18.2. The third-order valence-corrected chi connectivity index (χ3v) is 5.38. The fourth-order valence-electron chi connectivity index (χ4n) is 3.48. The highest BCUT2D eigenvalue weighted by atomic mass is 19.1. The second-order valence-electron chi connectivity index (χ2n) is 6.90. The molecule has 4 nitrogen and oxygen atoms in total. The highest BCUT2D eigenvalue weighted by Gasteiger charge is 2.25. The molecule has 1 aliphatic rings. The molecule has 0 saturated carbocycles. The van der Waals surface area contributed by atoms with Crippen molar-refractivity contribution in [2.24, 2.45) is 0 Å². The number of amides is 1. The summed E-state index contributed by atoms with van der Waals surface area (Å²) in [6.45, 7) is 9.69. The molecule has 2 rings (SSSR count). The van der Waals surface area contributed by atoms with Gasteiger partial charge >= 0.3 is 0 Å². The van der Waals surface area contributed by atoms with E-state index in [2.05, 4.69) is 30.7 Å². The van der Waals surface area contributed by atoms with E-state index in [1.165, 1.54) is 6.07 Å².